The largest absolute Gasteiger partial charge is 0.446 e. The van der Waals surface area contributed by atoms with Crippen LogP contribution in [-0.2, 0) is 9.53 Å². The minimum Gasteiger partial charge on any atom is -0.446 e. The van der Waals surface area contributed by atoms with Crippen molar-refractivity contribution in [1.82, 2.24) is 9.80 Å². The van der Waals surface area contributed by atoms with E-state index >= 15 is 0 Å². The molecule has 0 aromatic heterocycles. The van der Waals surface area contributed by atoms with Crippen molar-refractivity contribution < 1.29 is 19.4 Å². The van der Waals surface area contributed by atoms with Crippen LogP contribution in [-0.4, -0.2) is 65.3 Å². The van der Waals surface area contributed by atoms with Gasteiger partial charge in [0.15, 0.2) is 0 Å². The predicted octanol–water partition coefficient (Wildman–Crippen LogP) is 6.65. The number of carbonyl (C=O) groups is 2. The van der Waals surface area contributed by atoms with E-state index in [0.29, 0.717) is 49.3 Å². The number of hydrogen-bond acceptors (Lipinski definition) is 4. The lowest BCUT2D eigenvalue weighted by molar-refractivity contribution is -0.134. The third kappa shape index (κ3) is 5.22. The van der Waals surface area contributed by atoms with Crippen LogP contribution in [0.1, 0.15) is 117 Å². The van der Waals surface area contributed by atoms with Crippen molar-refractivity contribution in [3.8, 4) is 0 Å². The number of nitrogens with zero attached hydrogens (tertiary/aromatic N) is 2. The first-order chi connectivity index (χ1) is 19.2. The van der Waals surface area contributed by atoms with Gasteiger partial charge in [-0.15, -0.1) is 0 Å². The highest BCUT2D eigenvalue weighted by molar-refractivity contribution is 5.76. The first kappa shape index (κ1) is 28.8. The Morgan fingerprint density at radius 1 is 0.850 bits per heavy atom. The minimum absolute atomic E-state index is 0.0649. The fourth-order valence-corrected chi connectivity index (χ4v) is 11.3. The number of aliphatic hydroxyl groups is 1. The van der Waals surface area contributed by atoms with E-state index in [2.05, 4.69) is 20.8 Å². The van der Waals surface area contributed by atoms with Crippen LogP contribution in [0.25, 0.3) is 0 Å². The number of piperazine rings is 1. The maximum absolute atomic E-state index is 13.2. The van der Waals surface area contributed by atoms with Crippen molar-refractivity contribution in [3.63, 3.8) is 0 Å². The Kier molecular flexibility index (Phi) is 8.22. The number of hydrogen-bond donors (Lipinski definition) is 1. The highest BCUT2D eigenvalue weighted by Gasteiger charge is 2.60. The molecule has 9 atom stereocenters. The Labute approximate surface area is 242 Å². The van der Waals surface area contributed by atoms with E-state index in [1.54, 1.807) is 4.90 Å². The van der Waals surface area contributed by atoms with Crippen LogP contribution >= 0.6 is 0 Å². The average Bonchev–Trinajstić information content (AvgIpc) is 3.59. The summed E-state index contributed by atoms with van der Waals surface area (Å²) in [4.78, 5) is 29.5. The molecule has 6 heteroatoms. The number of amides is 2. The molecule has 0 unspecified atom stereocenters. The first-order valence-electron chi connectivity index (χ1n) is 17.1. The van der Waals surface area contributed by atoms with Gasteiger partial charge < -0.3 is 19.6 Å². The summed E-state index contributed by atoms with van der Waals surface area (Å²) in [6.07, 6.45) is 17.2. The molecule has 1 N–H and O–H groups in total. The SMILES string of the molecule is C[C@H](CCC(=O)N1CCN(C(=O)OC2CCCC2)CC1)[C@H]1CC[C@H]2[C@@H]3CC[C@H]4C[C@@H](O)CC[C@]4(C)[C@H]3CC[C@]12C. The monoisotopic (exact) mass is 556 g/mol. The van der Waals surface area contributed by atoms with Gasteiger partial charge >= 0.3 is 6.09 Å². The number of aliphatic hydroxyl groups excluding tert-OH is 1. The Morgan fingerprint density at radius 2 is 1.52 bits per heavy atom. The molecule has 2 amide bonds. The molecule has 5 saturated carbocycles. The van der Waals surface area contributed by atoms with E-state index < -0.39 is 0 Å². The van der Waals surface area contributed by atoms with Crippen LogP contribution in [0.3, 0.4) is 0 Å². The van der Waals surface area contributed by atoms with Crippen molar-refractivity contribution in [2.24, 2.45) is 46.3 Å². The van der Waals surface area contributed by atoms with Crippen LogP contribution in [0.4, 0.5) is 4.79 Å². The fraction of sp³-hybridized carbons (Fsp3) is 0.941. The van der Waals surface area contributed by atoms with Crippen LogP contribution < -0.4 is 0 Å². The lowest BCUT2D eigenvalue weighted by atomic mass is 9.44. The van der Waals surface area contributed by atoms with Gasteiger partial charge in [-0.05, 0) is 136 Å². The van der Waals surface area contributed by atoms with Crippen LogP contribution in [0.2, 0.25) is 0 Å². The zero-order chi connectivity index (χ0) is 28.1. The molecule has 40 heavy (non-hydrogen) atoms. The number of fused-ring (bicyclic) bond motifs is 5. The molecule has 1 aliphatic heterocycles. The summed E-state index contributed by atoms with van der Waals surface area (Å²) in [6.45, 7) is 10.1. The smallest absolute Gasteiger partial charge is 0.410 e. The fourth-order valence-electron chi connectivity index (χ4n) is 11.3. The van der Waals surface area contributed by atoms with Crippen molar-refractivity contribution in [1.29, 1.82) is 0 Å². The second-order valence-electron chi connectivity index (χ2n) is 15.5. The molecule has 226 valence electrons. The highest BCUT2D eigenvalue weighted by Crippen LogP contribution is 2.68. The van der Waals surface area contributed by atoms with Gasteiger partial charge in [-0.3, -0.25) is 4.79 Å². The van der Waals surface area contributed by atoms with Gasteiger partial charge in [0.25, 0.3) is 0 Å². The summed E-state index contributed by atoms with van der Waals surface area (Å²) >= 11 is 0. The number of rotatable bonds is 5. The van der Waals surface area contributed by atoms with Crippen LogP contribution in [0.15, 0.2) is 0 Å². The molecule has 0 aromatic carbocycles. The topological polar surface area (TPSA) is 70.1 Å². The summed E-state index contributed by atoms with van der Waals surface area (Å²) < 4.78 is 5.68. The highest BCUT2D eigenvalue weighted by atomic mass is 16.6. The summed E-state index contributed by atoms with van der Waals surface area (Å²) in [5.74, 6) is 4.86. The van der Waals surface area contributed by atoms with E-state index in [1.165, 1.54) is 44.9 Å². The lowest BCUT2D eigenvalue weighted by Crippen LogP contribution is -2.54. The Hall–Kier alpha value is -1.30. The van der Waals surface area contributed by atoms with E-state index in [-0.39, 0.29) is 24.2 Å². The molecule has 1 heterocycles. The molecule has 0 bridgehead atoms. The molecule has 5 aliphatic carbocycles. The second kappa shape index (κ2) is 11.4. The summed E-state index contributed by atoms with van der Waals surface area (Å²) in [5.41, 5.74) is 0.864. The lowest BCUT2D eigenvalue weighted by Gasteiger charge is -2.61. The zero-order valence-corrected chi connectivity index (χ0v) is 25.6. The molecule has 6 rings (SSSR count). The summed E-state index contributed by atoms with van der Waals surface area (Å²) in [6, 6.07) is 0. The standard InChI is InChI=1S/C34H56N2O4/c1-23(8-13-31(38)35-18-20-36(21-19-35)32(39)40-26-6-4-5-7-26)28-11-12-29-27-10-9-24-22-25(37)14-16-33(24,2)30(27)15-17-34(28,29)3/h23-30,37H,4-22H2,1-3H3/t23-,24+,25+,27+,28-,29+,30+,33+,34-/m1/s1. The number of carbonyl (C=O) groups excluding carboxylic acids is 2. The molecule has 0 radical (unpaired) electrons. The van der Waals surface area contributed by atoms with Crippen molar-refractivity contribution in [2.75, 3.05) is 26.2 Å². The maximum Gasteiger partial charge on any atom is 0.410 e. The van der Waals surface area contributed by atoms with Crippen LogP contribution in [0, 0.1) is 46.3 Å². The summed E-state index contributed by atoms with van der Waals surface area (Å²) in [5, 5.41) is 10.4. The predicted molar refractivity (Wildman–Crippen MR) is 157 cm³/mol. The Morgan fingerprint density at radius 3 is 2.27 bits per heavy atom. The van der Waals surface area contributed by atoms with E-state index in [9.17, 15) is 14.7 Å². The van der Waals surface area contributed by atoms with Gasteiger partial charge in [0, 0.05) is 32.6 Å². The molecule has 0 aromatic rings. The van der Waals surface area contributed by atoms with E-state index in [0.717, 1.165) is 74.5 Å². The van der Waals surface area contributed by atoms with Gasteiger partial charge in [0.1, 0.15) is 6.10 Å². The maximum atomic E-state index is 13.2. The Bertz CT molecular complexity index is 927. The molecular formula is C34H56N2O4. The van der Waals surface area contributed by atoms with Gasteiger partial charge in [-0.1, -0.05) is 20.8 Å². The van der Waals surface area contributed by atoms with E-state index in [1.807, 2.05) is 4.90 Å². The second-order valence-corrected chi connectivity index (χ2v) is 15.5. The molecule has 6 nitrogen and oxygen atoms in total. The molecule has 6 fully saturated rings. The van der Waals surface area contributed by atoms with Crippen molar-refractivity contribution in [3.05, 3.63) is 0 Å². The minimum atomic E-state index is -0.185. The first-order valence-corrected chi connectivity index (χ1v) is 17.1. The molecule has 0 spiro atoms. The molecule has 1 saturated heterocycles. The number of ether oxygens (including phenoxy) is 1. The molecule has 6 aliphatic rings. The third-order valence-electron chi connectivity index (χ3n) is 13.7. The van der Waals surface area contributed by atoms with Crippen LogP contribution in [0.5, 0.6) is 0 Å². The Balaban J connectivity index is 0.990. The quantitative estimate of drug-likeness (QED) is 0.412. The molecular weight excluding hydrogens is 500 g/mol. The third-order valence-corrected chi connectivity index (χ3v) is 13.7. The average molecular weight is 557 g/mol. The normalized spacial score (nSPS) is 42.6. The van der Waals surface area contributed by atoms with Crippen molar-refractivity contribution >= 4 is 12.0 Å². The van der Waals surface area contributed by atoms with Gasteiger partial charge in [0.2, 0.25) is 5.91 Å². The van der Waals surface area contributed by atoms with E-state index in [4.69, 9.17) is 4.74 Å². The van der Waals surface area contributed by atoms with Gasteiger partial charge in [0.05, 0.1) is 6.10 Å². The van der Waals surface area contributed by atoms with Crippen molar-refractivity contribution in [2.45, 2.75) is 129 Å². The zero-order valence-electron chi connectivity index (χ0n) is 25.6. The van der Waals surface area contributed by atoms with Gasteiger partial charge in [-0.2, -0.15) is 0 Å². The summed E-state index contributed by atoms with van der Waals surface area (Å²) in [7, 11) is 0. The van der Waals surface area contributed by atoms with Gasteiger partial charge in [-0.25, -0.2) is 4.79 Å².